The lowest BCUT2D eigenvalue weighted by molar-refractivity contribution is -0.274. The Kier molecular flexibility index (Phi) is 4.83. The van der Waals surface area contributed by atoms with Crippen LogP contribution in [0.5, 0.6) is 5.75 Å². The minimum absolute atomic E-state index is 0.272. The molecular formula is C19H11F3N2O3S2. The standard InChI is InChI=1S/C19H11F3N2O3S2/c1-9-4-10(2-3-14(9)27-19(20,21)22)13-8-23-7-11-5-12(26-16(11)13)6-15-17(25)24-18(28)29-15/h2-8H,1H3,(H,24,25,28). The molecule has 1 fully saturated rings. The van der Waals surface area contributed by atoms with Gasteiger partial charge < -0.3 is 14.5 Å². The van der Waals surface area contributed by atoms with E-state index < -0.39 is 6.36 Å². The molecule has 1 N–H and O–H groups in total. The first-order valence-electron chi connectivity index (χ1n) is 8.19. The van der Waals surface area contributed by atoms with E-state index in [-0.39, 0.29) is 11.7 Å². The highest BCUT2D eigenvalue weighted by atomic mass is 32.2. The number of carbonyl (C=O) groups excluding carboxylic acids is 1. The first-order chi connectivity index (χ1) is 13.7. The van der Waals surface area contributed by atoms with Gasteiger partial charge in [-0.3, -0.25) is 9.78 Å². The molecule has 0 aliphatic carbocycles. The van der Waals surface area contributed by atoms with Crippen molar-refractivity contribution in [2.24, 2.45) is 0 Å². The number of halogens is 3. The fraction of sp³-hybridized carbons (Fsp3) is 0.105. The van der Waals surface area contributed by atoms with Gasteiger partial charge in [0.05, 0.1) is 4.91 Å². The summed E-state index contributed by atoms with van der Waals surface area (Å²) >= 11 is 6.10. The van der Waals surface area contributed by atoms with Crippen LogP contribution in [0, 0.1) is 6.92 Å². The quantitative estimate of drug-likeness (QED) is 0.450. The Balaban J connectivity index is 1.73. The van der Waals surface area contributed by atoms with Gasteiger partial charge in [-0.15, -0.1) is 13.2 Å². The minimum Gasteiger partial charge on any atom is -0.456 e. The molecule has 5 nitrogen and oxygen atoms in total. The topological polar surface area (TPSA) is 64.4 Å². The first-order valence-corrected chi connectivity index (χ1v) is 9.41. The van der Waals surface area contributed by atoms with Crippen LogP contribution in [0.3, 0.4) is 0 Å². The third kappa shape index (κ3) is 4.13. The Labute approximate surface area is 171 Å². The molecule has 3 heterocycles. The van der Waals surface area contributed by atoms with Gasteiger partial charge in [-0.25, -0.2) is 0 Å². The van der Waals surface area contributed by atoms with Crippen LogP contribution in [-0.4, -0.2) is 21.6 Å². The highest BCUT2D eigenvalue weighted by Gasteiger charge is 2.31. The number of hydrogen-bond acceptors (Lipinski definition) is 6. The summed E-state index contributed by atoms with van der Waals surface area (Å²) in [6, 6.07) is 6.05. The molecule has 1 aliphatic heterocycles. The van der Waals surface area contributed by atoms with E-state index in [4.69, 9.17) is 16.6 Å². The van der Waals surface area contributed by atoms with Crippen LogP contribution in [0.15, 0.2) is 46.0 Å². The number of nitrogens with zero attached hydrogens (tertiary/aromatic N) is 1. The number of fused-ring (bicyclic) bond motifs is 1. The summed E-state index contributed by atoms with van der Waals surface area (Å²) in [6.07, 6.45) is -0.0164. The predicted molar refractivity (Wildman–Crippen MR) is 107 cm³/mol. The number of aromatic nitrogens is 1. The third-order valence-corrected chi connectivity index (χ3v) is 5.23. The van der Waals surface area contributed by atoms with E-state index in [1.165, 1.54) is 19.1 Å². The monoisotopic (exact) mass is 436 g/mol. The van der Waals surface area contributed by atoms with Crippen molar-refractivity contribution in [3.63, 3.8) is 0 Å². The first kappa shape index (κ1) is 19.5. The molecule has 0 atom stereocenters. The molecule has 4 rings (SSSR count). The van der Waals surface area contributed by atoms with E-state index in [9.17, 15) is 18.0 Å². The minimum atomic E-state index is -4.76. The fourth-order valence-electron chi connectivity index (χ4n) is 2.87. The highest BCUT2D eigenvalue weighted by Crippen LogP contribution is 2.35. The number of nitrogens with one attached hydrogen (secondary N) is 1. The number of ether oxygens (including phenoxy) is 1. The van der Waals surface area contributed by atoms with Gasteiger partial charge in [0.25, 0.3) is 5.91 Å². The zero-order valence-electron chi connectivity index (χ0n) is 14.7. The lowest BCUT2D eigenvalue weighted by Crippen LogP contribution is -2.17. The van der Waals surface area contributed by atoms with E-state index in [1.54, 1.807) is 30.6 Å². The molecule has 1 aliphatic rings. The van der Waals surface area contributed by atoms with E-state index >= 15 is 0 Å². The van der Waals surface area contributed by atoms with Crippen molar-refractivity contribution in [1.82, 2.24) is 10.3 Å². The lowest BCUT2D eigenvalue weighted by Gasteiger charge is -2.12. The van der Waals surface area contributed by atoms with Gasteiger partial charge in [0, 0.05) is 29.4 Å². The van der Waals surface area contributed by atoms with Crippen LogP contribution in [0.1, 0.15) is 11.3 Å². The molecule has 0 bridgehead atoms. The zero-order chi connectivity index (χ0) is 20.8. The molecule has 2 aromatic heterocycles. The smallest absolute Gasteiger partial charge is 0.456 e. The Bertz CT molecular complexity index is 1190. The molecule has 0 spiro atoms. The number of thioether (sulfide) groups is 1. The van der Waals surface area contributed by atoms with Gasteiger partial charge in [-0.2, -0.15) is 0 Å². The molecule has 0 saturated carbocycles. The van der Waals surface area contributed by atoms with Crippen LogP contribution < -0.4 is 10.1 Å². The average molecular weight is 436 g/mol. The molecule has 1 aromatic carbocycles. The number of hydrogen-bond donors (Lipinski definition) is 1. The number of benzene rings is 1. The van der Waals surface area contributed by atoms with Crippen molar-refractivity contribution in [3.8, 4) is 16.9 Å². The van der Waals surface area contributed by atoms with E-state index in [2.05, 4.69) is 15.0 Å². The Hall–Kier alpha value is -2.85. The number of pyridine rings is 1. The number of alkyl halides is 3. The Morgan fingerprint density at radius 1 is 1.28 bits per heavy atom. The highest BCUT2D eigenvalue weighted by molar-refractivity contribution is 8.26. The zero-order valence-corrected chi connectivity index (χ0v) is 16.3. The van der Waals surface area contributed by atoms with Crippen molar-refractivity contribution >= 4 is 51.3 Å². The normalized spacial score (nSPS) is 15.9. The molecule has 148 valence electrons. The number of furan rings is 1. The summed E-state index contributed by atoms with van der Waals surface area (Å²) in [5.41, 5.74) is 2.05. The Morgan fingerprint density at radius 2 is 2.07 bits per heavy atom. The van der Waals surface area contributed by atoms with Gasteiger partial charge in [0.1, 0.15) is 21.4 Å². The van der Waals surface area contributed by atoms with Gasteiger partial charge >= 0.3 is 6.36 Å². The summed E-state index contributed by atoms with van der Waals surface area (Å²) in [5, 5.41) is 3.22. The van der Waals surface area contributed by atoms with Gasteiger partial charge in [-0.1, -0.05) is 30.0 Å². The lowest BCUT2D eigenvalue weighted by atomic mass is 10.0. The number of aryl methyl sites for hydroxylation is 1. The third-order valence-electron chi connectivity index (χ3n) is 4.07. The molecule has 10 heteroatoms. The number of carbonyl (C=O) groups is 1. The van der Waals surface area contributed by atoms with Crippen LogP contribution in [0.4, 0.5) is 13.2 Å². The van der Waals surface area contributed by atoms with Crippen molar-refractivity contribution < 1.29 is 27.1 Å². The van der Waals surface area contributed by atoms with Crippen molar-refractivity contribution in [2.45, 2.75) is 13.3 Å². The van der Waals surface area contributed by atoms with Crippen LogP contribution >= 0.6 is 24.0 Å². The SMILES string of the molecule is Cc1cc(-c2cncc3cc(C=C4SC(=S)NC4=O)oc23)ccc1OC(F)(F)F. The van der Waals surface area contributed by atoms with Gasteiger partial charge in [0.15, 0.2) is 0 Å². The summed E-state index contributed by atoms with van der Waals surface area (Å²) < 4.78 is 47.7. The summed E-state index contributed by atoms with van der Waals surface area (Å²) in [5.74, 6) is -0.133. The van der Waals surface area contributed by atoms with Crippen LogP contribution in [-0.2, 0) is 4.79 Å². The van der Waals surface area contributed by atoms with E-state index in [1.807, 2.05) is 0 Å². The molecule has 1 saturated heterocycles. The van der Waals surface area contributed by atoms with E-state index in [0.717, 1.165) is 11.8 Å². The predicted octanol–water partition coefficient (Wildman–Crippen LogP) is 5.19. The summed E-state index contributed by atoms with van der Waals surface area (Å²) in [7, 11) is 0. The second-order valence-corrected chi connectivity index (χ2v) is 7.85. The fourth-order valence-corrected chi connectivity index (χ4v) is 3.89. The van der Waals surface area contributed by atoms with Crippen LogP contribution in [0.2, 0.25) is 0 Å². The average Bonchev–Trinajstić information content (AvgIpc) is 3.17. The number of thiocarbonyl (C=S) groups is 1. The molecular weight excluding hydrogens is 425 g/mol. The maximum Gasteiger partial charge on any atom is 0.573 e. The van der Waals surface area contributed by atoms with Crippen LogP contribution in [0.25, 0.3) is 28.2 Å². The summed E-state index contributed by atoms with van der Waals surface area (Å²) in [4.78, 5) is 16.4. The number of amides is 1. The molecule has 0 unspecified atom stereocenters. The molecule has 0 radical (unpaired) electrons. The molecule has 3 aromatic rings. The maximum absolute atomic E-state index is 12.5. The largest absolute Gasteiger partial charge is 0.573 e. The van der Waals surface area contributed by atoms with Gasteiger partial charge in [-0.05, 0) is 36.2 Å². The maximum atomic E-state index is 12.5. The second-order valence-electron chi connectivity index (χ2n) is 6.13. The van der Waals surface area contributed by atoms with Crippen molar-refractivity contribution in [1.29, 1.82) is 0 Å². The summed E-state index contributed by atoms with van der Waals surface area (Å²) in [6.45, 7) is 1.52. The number of rotatable bonds is 3. The second kappa shape index (κ2) is 7.20. The van der Waals surface area contributed by atoms with E-state index in [0.29, 0.717) is 42.6 Å². The molecule has 1 amide bonds. The molecule has 29 heavy (non-hydrogen) atoms. The van der Waals surface area contributed by atoms with Crippen molar-refractivity contribution in [3.05, 3.63) is 52.9 Å². The Morgan fingerprint density at radius 3 is 2.72 bits per heavy atom. The van der Waals surface area contributed by atoms with Crippen molar-refractivity contribution in [2.75, 3.05) is 0 Å². The van der Waals surface area contributed by atoms with Gasteiger partial charge in [0.2, 0.25) is 0 Å².